The Morgan fingerprint density at radius 3 is 1.78 bits per heavy atom. The fourth-order valence-corrected chi connectivity index (χ4v) is 1.39. The fraction of sp³-hybridized carbons (Fsp3) is 0.200. The van der Waals surface area contributed by atoms with E-state index in [9.17, 15) is 19.8 Å². The number of rotatable bonds is 4. The molecule has 0 saturated carbocycles. The Morgan fingerprint density at radius 1 is 1.06 bits per heavy atom. The van der Waals surface area contributed by atoms with Crippen LogP contribution >= 0.6 is 23.2 Å². The van der Waals surface area contributed by atoms with Gasteiger partial charge in [-0.05, 0) is 17.7 Å². The van der Waals surface area contributed by atoms with Gasteiger partial charge in [0.05, 0.1) is 11.9 Å². The zero-order valence-corrected chi connectivity index (χ0v) is 15.4. The van der Waals surface area contributed by atoms with Crippen LogP contribution in [0.3, 0.4) is 0 Å². The number of hydrogen-bond acceptors (Lipinski definition) is 4. The van der Waals surface area contributed by atoms with Crippen LogP contribution in [0.4, 0.5) is 0 Å². The predicted molar refractivity (Wildman–Crippen MR) is 53.8 cm³/mol. The van der Waals surface area contributed by atoms with Crippen LogP contribution in [0, 0.1) is 0 Å². The van der Waals surface area contributed by atoms with Crippen molar-refractivity contribution in [3.8, 4) is 0 Å². The van der Waals surface area contributed by atoms with Crippen LogP contribution in [-0.2, 0) is 16.0 Å². The first kappa shape index (κ1) is 21.0. The number of hydrogen-bond donors (Lipinski definition) is 0. The third-order valence-corrected chi connectivity index (χ3v) is 2.70. The summed E-state index contributed by atoms with van der Waals surface area (Å²) >= 11 is 11.0. The van der Waals surface area contributed by atoms with E-state index in [2.05, 4.69) is 0 Å². The molecule has 0 N–H and O–H groups in total. The first-order chi connectivity index (χ1) is 7.36. The summed E-state index contributed by atoms with van der Waals surface area (Å²) in [6.45, 7) is 0. The molecule has 0 aliphatic carbocycles. The Bertz CT molecular complexity index is 408. The molecular weight excluding hydrogens is 301 g/mol. The van der Waals surface area contributed by atoms with E-state index in [1.54, 1.807) is 0 Å². The van der Waals surface area contributed by atoms with Crippen molar-refractivity contribution in [1.82, 2.24) is 0 Å². The Balaban J connectivity index is 0. The smallest absolute Gasteiger partial charge is 0.548 e. The first-order valence-electron chi connectivity index (χ1n) is 4.22. The normalized spacial score (nSPS) is 9.89. The van der Waals surface area contributed by atoms with E-state index in [0.717, 1.165) is 0 Å². The molecule has 1 aromatic rings. The van der Waals surface area contributed by atoms with E-state index in [1.165, 1.54) is 24.3 Å². The maximum Gasteiger partial charge on any atom is 1.00 e. The summed E-state index contributed by atoms with van der Waals surface area (Å²) in [6.07, 6.45) is -0.434. The second-order valence-corrected chi connectivity index (χ2v) is 4.26. The minimum Gasteiger partial charge on any atom is -0.548 e. The van der Waals surface area contributed by atoms with Gasteiger partial charge in [-0.1, -0.05) is 23.7 Å². The largest absolute Gasteiger partial charge is 1.00 e. The topological polar surface area (TPSA) is 80.3 Å². The molecule has 0 amide bonds. The molecule has 0 aromatic heterocycles. The van der Waals surface area contributed by atoms with Gasteiger partial charge in [-0.3, -0.25) is 0 Å². The molecule has 18 heavy (non-hydrogen) atoms. The van der Waals surface area contributed by atoms with Gasteiger partial charge in [-0.15, -0.1) is 11.6 Å². The zero-order valence-electron chi connectivity index (χ0n) is 9.91. The summed E-state index contributed by atoms with van der Waals surface area (Å²) < 4.78 is 0. The van der Waals surface area contributed by atoms with E-state index in [4.69, 9.17) is 23.2 Å². The van der Waals surface area contributed by atoms with Crippen molar-refractivity contribution in [1.29, 1.82) is 0 Å². The van der Waals surface area contributed by atoms with Gasteiger partial charge in [0.1, 0.15) is 4.87 Å². The van der Waals surface area contributed by atoms with Crippen molar-refractivity contribution >= 4 is 35.1 Å². The van der Waals surface area contributed by atoms with E-state index < -0.39 is 23.2 Å². The average molecular weight is 307 g/mol. The summed E-state index contributed by atoms with van der Waals surface area (Å²) in [5, 5.41) is 21.7. The van der Waals surface area contributed by atoms with Crippen LogP contribution in [0.1, 0.15) is 5.56 Å². The van der Waals surface area contributed by atoms with Crippen molar-refractivity contribution in [2.45, 2.75) is 11.3 Å². The molecule has 8 heteroatoms. The quantitative estimate of drug-likeness (QED) is 0.315. The summed E-state index contributed by atoms with van der Waals surface area (Å²) in [5.41, 5.74) is 0.410. The van der Waals surface area contributed by atoms with Crippen molar-refractivity contribution in [2.24, 2.45) is 0 Å². The van der Waals surface area contributed by atoms with Crippen molar-refractivity contribution < 1.29 is 78.9 Å². The van der Waals surface area contributed by atoms with Crippen molar-refractivity contribution in [3.05, 3.63) is 34.9 Å². The molecule has 1 rings (SSSR count). The van der Waals surface area contributed by atoms with Crippen molar-refractivity contribution in [3.63, 3.8) is 0 Å². The summed E-state index contributed by atoms with van der Waals surface area (Å²) in [5.74, 6) is -3.80. The maximum atomic E-state index is 10.6. The molecule has 0 bridgehead atoms. The Labute approximate surface area is 158 Å². The number of aliphatic carboxylic acids is 2. The van der Waals surface area contributed by atoms with Gasteiger partial charge in [0, 0.05) is 11.4 Å². The molecule has 0 saturated heterocycles. The van der Waals surface area contributed by atoms with Gasteiger partial charge < -0.3 is 19.8 Å². The fourth-order valence-electron chi connectivity index (χ4n) is 1.11. The minimum absolute atomic E-state index is 0. The molecule has 0 heterocycles. The standard InChI is InChI=1S/C10H8Cl2O4.2Na/c11-7-3-1-6(2-4-7)5-10(12,8(13)14)9(15)16;;/h1-4H,5H2,(H,13,14)(H,15,16);;/q;2*+1/p-2. The van der Waals surface area contributed by atoms with Crippen LogP contribution < -0.4 is 69.3 Å². The molecule has 0 aliphatic heterocycles. The summed E-state index contributed by atoms with van der Waals surface area (Å²) in [7, 11) is 0. The average Bonchev–Trinajstić information content (AvgIpc) is 2.20. The van der Waals surface area contributed by atoms with Crippen LogP contribution in [0.15, 0.2) is 24.3 Å². The van der Waals surface area contributed by atoms with Crippen LogP contribution in [-0.4, -0.2) is 16.8 Å². The predicted octanol–water partition coefficient (Wildman–Crippen LogP) is -6.63. The minimum atomic E-state index is -2.56. The van der Waals surface area contributed by atoms with Gasteiger partial charge in [-0.25, -0.2) is 0 Å². The number of carbonyl (C=O) groups is 2. The first-order valence-corrected chi connectivity index (χ1v) is 4.98. The zero-order chi connectivity index (χ0) is 12.3. The second-order valence-electron chi connectivity index (χ2n) is 3.18. The van der Waals surface area contributed by atoms with E-state index in [1.807, 2.05) is 0 Å². The number of carbonyl (C=O) groups excluding carboxylic acids is 2. The SMILES string of the molecule is O=C([O-])C(Cl)(Cc1ccc(Cl)cc1)C(=O)[O-].[Na+].[Na+]. The Kier molecular flexibility index (Phi) is 10.3. The second kappa shape index (κ2) is 8.82. The van der Waals surface area contributed by atoms with E-state index in [0.29, 0.717) is 10.6 Å². The monoisotopic (exact) mass is 306 g/mol. The van der Waals surface area contributed by atoms with Gasteiger partial charge in [-0.2, -0.15) is 0 Å². The Morgan fingerprint density at radius 2 is 1.44 bits per heavy atom. The molecule has 0 fully saturated rings. The molecule has 0 unspecified atom stereocenters. The molecule has 1 aromatic carbocycles. The van der Waals surface area contributed by atoms with Crippen LogP contribution in [0.5, 0.6) is 0 Å². The number of halogens is 2. The molecule has 0 spiro atoms. The molecule has 0 aliphatic rings. The van der Waals surface area contributed by atoms with Crippen LogP contribution in [0.25, 0.3) is 0 Å². The third kappa shape index (κ3) is 5.39. The number of alkyl halides is 1. The maximum absolute atomic E-state index is 10.6. The number of benzene rings is 1. The van der Waals surface area contributed by atoms with Gasteiger partial charge in [0.25, 0.3) is 0 Å². The number of carboxylic acids is 2. The van der Waals surface area contributed by atoms with Gasteiger partial charge in [0.15, 0.2) is 0 Å². The summed E-state index contributed by atoms with van der Waals surface area (Å²) in [4.78, 5) is 18.7. The van der Waals surface area contributed by atoms with E-state index >= 15 is 0 Å². The van der Waals surface area contributed by atoms with Gasteiger partial charge in [0.2, 0.25) is 0 Å². The molecular formula is C10H6Cl2Na2O4. The van der Waals surface area contributed by atoms with Crippen molar-refractivity contribution in [2.75, 3.05) is 0 Å². The Hall–Kier alpha value is 0.740. The van der Waals surface area contributed by atoms with E-state index in [-0.39, 0.29) is 59.1 Å². The van der Waals surface area contributed by atoms with Gasteiger partial charge >= 0.3 is 59.1 Å². The number of carboxylic acid groups (broad SMARTS) is 2. The molecule has 0 atom stereocenters. The van der Waals surface area contributed by atoms with Crippen LogP contribution in [0.2, 0.25) is 5.02 Å². The molecule has 0 radical (unpaired) electrons. The molecule has 86 valence electrons. The summed E-state index contributed by atoms with van der Waals surface area (Å²) in [6, 6.07) is 5.95. The third-order valence-electron chi connectivity index (χ3n) is 2.01. The molecule has 4 nitrogen and oxygen atoms in total.